The van der Waals surface area contributed by atoms with Crippen molar-refractivity contribution >= 4 is 17.0 Å². The summed E-state index contributed by atoms with van der Waals surface area (Å²) in [5, 5.41) is 32.0. The Hall–Kier alpha value is -4.23. The molecule has 0 radical (unpaired) electrons. The molecule has 7 unspecified atom stereocenters. The summed E-state index contributed by atoms with van der Waals surface area (Å²) in [5.74, 6) is 3.10. The van der Waals surface area contributed by atoms with Gasteiger partial charge in [0.15, 0.2) is 5.58 Å². The van der Waals surface area contributed by atoms with Crippen LogP contribution < -0.4 is 15.1 Å². The third-order valence-corrected chi connectivity index (χ3v) is 17.1. The van der Waals surface area contributed by atoms with Gasteiger partial charge in [-0.1, -0.05) is 88.1 Å². The monoisotopic (exact) mass is 861 g/mol. The minimum atomic E-state index is -0.694. The number of allylic oxidation sites excluding steroid dienone is 6. The molecule has 2 heterocycles. The number of aliphatic hydroxyl groups is 1. The molecule has 1 aliphatic heterocycles. The van der Waals surface area contributed by atoms with Crippen molar-refractivity contribution in [2.45, 2.75) is 165 Å². The Morgan fingerprint density at radius 1 is 0.889 bits per heavy atom. The van der Waals surface area contributed by atoms with Gasteiger partial charge in [0, 0.05) is 5.56 Å². The van der Waals surface area contributed by atoms with Gasteiger partial charge >= 0.3 is 5.63 Å². The SMILES string of the molecule is CC(C)=CCCC(C)C1CCC2(C)C3=C(CCC12C)C1(C)CCC(O)C(C)(C)C1CC3.COc1c(CC=C(C)C)c2c(c3oc(=O)c(-c4ccc(O)cc4)c(O)c13)C=CC(C)(C)O2. The molecule has 3 N–H and O–H groups in total. The van der Waals surface area contributed by atoms with E-state index in [1.807, 2.05) is 51.0 Å². The number of hydrogen-bond donors (Lipinski definition) is 3. The highest BCUT2D eigenvalue weighted by atomic mass is 16.5. The van der Waals surface area contributed by atoms with Gasteiger partial charge in [0.05, 0.1) is 18.8 Å². The zero-order valence-corrected chi connectivity index (χ0v) is 40.7. The number of ether oxygens (including phenoxy) is 2. The quantitative estimate of drug-likeness (QED) is 0.153. The maximum atomic E-state index is 12.9. The molecule has 0 spiro atoms. The number of rotatable bonds is 8. The van der Waals surface area contributed by atoms with E-state index in [9.17, 15) is 20.1 Å². The van der Waals surface area contributed by atoms with Crippen LogP contribution in [-0.2, 0) is 6.42 Å². The first-order valence-electron chi connectivity index (χ1n) is 23.8. The minimum absolute atomic E-state index is 0.00458. The lowest BCUT2D eigenvalue weighted by Crippen LogP contribution is -2.55. The molecule has 3 aromatic rings. The van der Waals surface area contributed by atoms with E-state index in [0.29, 0.717) is 56.6 Å². The van der Waals surface area contributed by atoms with Gasteiger partial charge in [0.1, 0.15) is 39.5 Å². The molecule has 0 amide bonds. The third kappa shape index (κ3) is 8.01. The molecule has 342 valence electrons. The number of hydrogen-bond acceptors (Lipinski definition) is 7. The molecule has 2 fully saturated rings. The number of aliphatic hydroxyl groups excluding tert-OH is 1. The number of fused-ring (bicyclic) bond motifs is 7. The Labute approximate surface area is 377 Å². The summed E-state index contributed by atoms with van der Waals surface area (Å²) in [5.41, 5.74) is 8.26. The van der Waals surface area contributed by atoms with Gasteiger partial charge in [-0.25, -0.2) is 4.79 Å². The second kappa shape index (κ2) is 17.0. The van der Waals surface area contributed by atoms with Crippen molar-refractivity contribution in [3.05, 3.63) is 86.3 Å². The van der Waals surface area contributed by atoms with Crippen LogP contribution >= 0.6 is 0 Å². The van der Waals surface area contributed by atoms with Crippen LogP contribution in [0.3, 0.4) is 0 Å². The number of methoxy groups -OCH3 is 1. The fraction of sp³-hybridized carbons (Fsp3) is 0.589. The summed E-state index contributed by atoms with van der Waals surface area (Å²) < 4.78 is 17.8. The zero-order valence-electron chi connectivity index (χ0n) is 40.7. The zero-order chi connectivity index (χ0) is 46.0. The Kier molecular flexibility index (Phi) is 12.6. The van der Waals surface area contributed by atoms with Gasteiger partial charge < -0.3 is 29.2 Å². The van der Waals surface area contributed by atoms with Crippen LogP contribution in [0.25, 0.3) is 28.2 Å². The summed E-state index contributed by atoms with van der Waals surface area (Å²) in [4.78, 5) is 12.9. The Morgan fingerprint density at radius 2 is 1.57 bits per heavy atom. The Bertz CT molecular complexity index is 2420. The van der Waals surface area contributed by atoms with E-state index >= 15 is 0 Å². The molecule has 0 saturated heterocycles. The van der Waals surface area contributed by atoms with Crippen LogP contribution in [0.2, 0.25) is 0 Å². The molecular weight excluding hydrogens is 785 g/mol. The van der Waals surface area contributed by atoms with Gasteiger partial charge in [0.2, 0.25) is 0 Å². The lowest BCUT2D eigenvalue weighted by molar-refractivity contribution is -0.0962. The molecule has 4 aliphatic carbocycles. The van der Waals surface area contributed by atoms with E-state index < -0.39 is 11.2 Å². The van der Waals surface area contributed by atoms with Crippen LogP contribution in [0.1, 0.15) is 158 Å². The minimum Gasteiger partial charge on any atom is -0.508 e. The predicted molar refractivity (Wildman–Crippen MR) is 258 cm³/mol. The van der Waals surface area contributed by atoms with Crippen molar-refractivity contribution in [1.29, 1.82) is 0 Å². The summed E-state index contributed by atoms with van der Waals surface area (Å²) in [6.45, 7) is 27.5. The standard InChI is InChI=1S/C30H50O.C26H26O6/c1-20(2)10-9-11-21(3)22-14-18-30(8)24-12-13-25-27(4,5)26(31)16-17-28(25,6)23(24)15-19-29(22,30)7;1-14(2)6-11-17-22-18(12-13-26(3,4)32-22)24-20(23(17)30-5)21(28)19(25(29)31-24)15-7-9-16(27)10-8-15/h10,21-22,25-26,31H,9,11-19H2,1-8H3;6-10,12-13,27-28H,11H2,1-5H3. The van der Waals surface area contributed by atoms with Gasteiger partial charge in [-0.3, -0.25) is 0 Å². The van der Waals surface area contributed by atoms with Crippen molar-refractivity contribution in [3.8, 4) is 34.1 Å². The van der Waals surface area contributed by atoms with E-state index in [-0.39, 0.29) is 34.2 Å². The third-order valence-electron chi connectivity index (χ3n) is 17.1. The molecule has 8 rings (SSSR count). The summed E-state index contributed by atoms with van der Waals surface area (Å²) in [6, 6.07) is 5.99. The number of phenols is 1. The van der Waals surface area contributed by atoms with E-state index in [1.54, 1.807) is 12.1 Å². The van der Waals surface area contributed by atoms with E-state index in [1.165, 1.54) is 82.6 Å². The van der Waals surface area contributed by atoms with E-state index in [0.717, 1.165) is 29.4 Å². The highest BCUT2D eigenvalue weighted by molar-refractivity contribution is 6.02. The summed E-state index contributed by atoms with van der Waals surface area (Å²) in [7, 11) is 1.52. The van der Waals surface area contributed by atoms with Crippen molar-refractivity contribution in [2.75, 3.05) is 7.11 Å². The van der Waals surface area contributed by atoms with Crippen LogP contribution in [0, 0.1) is 39.4 Å². The molecule has 0 bridgehead atoms. The number of phenolic OH excluding ortho intramolecular Hbond substituents is 1. The van der Waals surface area contributed by atoms with Crippen molar-refractivity contribution in [3.63, 3.8) is 0 Å². The molecular formula is C56H76O7. The fourth-order valence-corrected chi connectivity index (χ4v) is 13.4. The molecule has 1 aromatic heterocycles. The first-order chi connectivity index (χ1) is 29.5. The smallest absolute Gasteiger partial charge is 0.348 e. The molecule has 7 atom stereocenters. The molecule has 2 saturated carbocycles. The Morgan fingerprint density at radius 3 is 2.22 bits per heavy atom. The lowest BCUT2D eigenvalue weighted by Gasteiger charge is -2.62. The largest absolute Gasteiger partial charge is 0.508 e. The van der Waals surface area contributed by atoms with Crippen molar-refractivity contribution in [1.82, 2.24) is 0 Å². The van der Waals surface area contributed by atoms with Gasteiger partial charge in [0.25, 0.3) is 0 Å². The number of aromatic hydroxyl groups is 2. The van der Waals surface area contributed by atoms with Crippen LogP contribution in [-0.4, -0.2) is 34.1 Å². The highest BCUT2D eigenvalue weighted by Crippen LogP contribution is 2.72. The van der Waals surface area contributed by atoms with Crippen LogP contribution in [0.15, 0.2) is 74.0 Å². The second-order valence-electron chi connectivity index (χ2n) is 22.2. The van der Waals surface area contributed by atoms with E-state index in [4.69, 9.17) is 13.9 Å². The van der Waals surface area contributed by atoms with Gasteiger partial charge in [-0.05, 0) is 181 Å². The van der Waals surface area contributed by atoms with Gasteiger partial charge in [-0.15, -0.1) is 0 Å². The van der Waals surface area contributed by atoms with Crippen molar-refractivity contribution < 1.29 is 29.2 Å². The van der Waals surface area contributed by atoms with Crippen molar-refractivity contribution in [2.24, 2.45) is 39.4 Å². The summed E-state index contributed by atoms with van der Waals surface area (Å²) in [6.07, 6.45) is 21.5. The summed E-state index contributed by atoms with van der Waals surface area (Å²) >= 11 is 0. The van der Waals surface area contributed by atoms with Crippen LogP contribution in [0.5, 0.6) is 23.0 Å². The average Bonchev–Trinajstić information content (AvgIpc) is 3.49. The molecule has 2 aromatic carbocycles. The molecule has 5 aliphatic rings. The predicted octanol–water partition coefficient (Wildman–Crippen LogP) is 14.1. The molecule has 63 heavy (non-hydrogen) atoms. The average molecular weight is 861 g/mol. The first-order valence-corrected chi connectivity index (χ1v) is 23.8. The maximum Gasteiger partial charge on any atom is 0.348 e. The second-order valence-corrected chi connectivity index (χ2v) is 22.2. The normalized spacial score (nSPS) is 29.2. The topological polar surface area (TPSA) is 109 Å². The Balaban J connectivity index is 0.000000189. The van der Waals surface area contributed by atoms with Crippen LogP contribution in [0.4, 0.5) is 0 Å². The van der Waals surface area contributed by atoms with E-state index in [2.05, 4.69) is 67.5 Å². The maximum absolute atomic E-state index is 12.9. The molecule has 7 nitrogen and oxygen atoms in total. The number of benzene rings is 2. The molecule has 7 heteroatoms. The highest BCUT2D eigenvalue weighted by Gasteiger charge is 2.63. The lowest BCUT2D eigenvalue weighted by atomic mass is 9.43. The van der Waals surface area contributed by atoms with Gasteiger partial charge in [-0.2, -0.15) is 0 Å². The fourth-order valence-electron chi connectivity index (χ4n) is 13.4. The first kappa shape index (κ1) is 46.8.